The van der Waals surface area contributed by atoms with Gasteiger partial charge in [-0.2, -0.15) is 0 Å². The number of nitrogens with one attached hydrogen (secondary N) is 1. The molecule has 1 N–H and O–H groups in total. The van der Waals surface area contributed by atoms with Crippen LogP contribution in [0.15, 0.2) is 23.9 Å². The van der Waals surface area contributed by atoms with Crippen LogP contribution in [0.25, 0.3) is 6.08 Å². The van der Waals surface area contributed by atoms with E-state index >= 15 is 0 Å². The number of allylic oxidation sites excluding steroid dienone is 1. The molecule has 0 heterocycles. The second-order valence-corrected chi connectivity index (χ2v) is 4.67. The number of rotatable bonds is 2. The molecule has 0 saturated carbocycles. The molecule has 1 aromatic carbocycles. The Morgan fingerprint density at radius 2 is 2.00 bits per heavy atom. The van der Waals surface area contributed by atoms with E-state index in [1.54, 1.807) is 0 Å². The summed E-state index contributed by atoms with van der Waals surface area (Å²) in [5.41, 5.74) is 5.61. The lowest BCUT2D eigenvalue weighted by molar-refractivity contribution is 0.641. The van der Waals surface area contributed by atoms with Crippen LogP contribution in [-0.2, 0) is 6.42 Å². The molecule has 0 spiro atoms. The molecular formula is C14H19N. The molecule has 15 heavy (non-hydrogen) atoms. The summed E-state index contributed by atoms with van der Waals surface area (Å²) >= 11 is 0. The molecule has 0 aromatic heterocycles. The molecule has 0 fully saturated rings. The summed E-state index contributed by atoms with van der Waals surface area (Å²) in [7, 11) is 0. The van der Waals surface area contributed by atoms with Gasteiger partial charge in [-0.05, 0) is 50.8 Å². The summed E-state index contributed by atoms with van der Waals surface area (Å²) in [5.74, 6) is 0. The van der Waals surface area contributed by atoms with E-state index < -0.39 is 0 Å². The van der Waals surface area contributed by atoms with E-state index in [-0.39, 0.29) is 0 Å². The molecule has 1 aromatic rings. The number of benzene rings is 1. The van der Waals surface area contributed by atoms with Crippen molar-refractivity contribution in [2.75, 3.05) is 0 Å². The smallest absolute Gasteiger partial charge is 0.0201 e. The van der Waals surface area contributed by atoms with Gasteiger partial charge in [0.15, 0.2) is 0 Å². The largest absolute Gasteiger partial charge is 0.386 e. The molecule has 0 bridgehead atoms. The van der Waals surface area contributed by atoms with E-state index in [0.717, 1.165) is 6.42 Å². The van der Waals surface area contributed by atoms with Crippen molar-refractivity contribution in [2.45, 2.75) is 39.7 Å². The topological polar surface area (TPSA) is 12.0 Å². The lowest BCUT2D eigenvalue weighted by Gasteiger charge is -2.20. The first kappa shape index (κ1) is 10.3. The maximum absolute atomic E-state index is 3.50. The van der Waals surface area contributed by atoms with Gasteiger partial charge in [0.05, 0.1) is 0 Å². The first-order valence-electron chi connectivity index (χ1n) is 5.72. The minimum Gasteiger partial charge on any atom is -0.386 e. The van der Waals surface area contributed by atoms with Crippen molar-refractivity contribution in [3.63, 3.8) is 0 Å². The molecule has 0 radical (unpaired) electrons. The number of hydrogen-bond donors (Lipinski definition) is 1. The van der Waals surface area contributed by atoms with Crippen molar-refractivity contribution < 1.29 is 0 Å². The monoisotopic (exact) mass is 201 g/mol. The quantitative estimate of drug-likeness (QED) is 0.774. The molecule has 0 unspecified atom stereocenters. The summed E-state index contributed by atoms with van der Waals surface area (Å²) < 4.78 is 0. The average Bonchev–Trinajstić information content (AvgIpc) is 2.17. The fourth-order valence-corrected chi connectivity index (χ4v) is 2.11. The molecule has 2 rings (SSSR count). The van der Waals surface area contributed by atoms with Crippen LogP contribution >= 0.6 is 0 Å². The van der Waals surface area contributed by atoms with Gasteiger partial charge in [-0.25, -0.2) is 0 Å². The zero-order valence-corrected chi connectivity index (χ0v) is 9.80. The first-order chi connectivity index (χ1) is 7.15. The molecule has 0 atom stereocenters. The Morgan fingerprint density at radius 3 is 2.73 bits per heavy atom. The van der Waals surface area contributed by atoms with Gasteiger partial charge in [-0.3, -0.25) is 0 Å². The van der Waals surface area contributed by atoms with E-state index in [0.29, 0.717) is 6.04 Å². The molecular weight excluding hydrogens is 182 g/mol. The molecule has 1 aliphatic carbocycles. The van der Waals surface area contributed by atoms with Crippen LogP contribution in [-0.4, -0.2) is 6.04 Å². The van der Waals surface area contributed by atoms with Gasteiger partial charge in [-0.15, -0.1) is 0 Å². The number of aryl methyl sites for hydroxylation is 2. The number of hydrogen-bond acceptors (Lipinski definition) is 1. The molecule has 0 saturated heterocycles. The van der Waals surface area contributed by atoms with E-state index in [2.05, 4.69) is 50.4 Å². The molecule has 0 amide bonds. The highest BCUT2D eigenvalue weighted by Crippen LogP contribution is 2.23. The van der Waals surface area contributed by atoms with Gasteiger partial charge in [0.2, 0.25) is 0 Å². The number of fused-ring (bicyclic) bond motifs is 1. The fraction of sp³-hybridized carbons (Fsp3) is 0.429. The van der Waals surface area contributed by atoms with Crippen LogP contribution in [0.3, 0.4) is 0 Å². The predicted octanol–water partition coefficient (Wildman–Crippen LogP) is 3.28. The molecule has 0 aliphatic heterocycles. The second kappa shape index (κ2) is 4.09. The summed E-state index contributed by atoms with van der Waals surface area (Å²) in [6, 6.07) is 7.25. The van der Waals surface area contributed by atoms with E-state index in [1.165, 1.54) is 28.8 Å². The SMILES string of the molecule is Cc1ccc2c(c1)CCC(NC(C)C)=C2. The third-order valence-electron chi connectivity index (χ3n) is 2.77. The van der Waals surface area contributed by atoms with Crippen molar-refractivity contribution >= 4 is 6.08 Å². The van der Waals surface area contributed by atoms with E-state index in [1.807, 2.05) is 0 Å². The summed E-state index contributed by atoms with van der Waals surface area (Å²) in [6.07, 6.45) is 4.61. The van der Waals surface area contributed by atoms with Crippen LogP contribution in [0, 0.1) is 6.92 Å². The van der Waals surface area contributed by atoms with Gasteiger partial charge in [-0.1, -0.05) is 23.8 Å². The van der Waals surface area contributed by atoms with Gasteiger partial charge in [0.1, 0.15) is 0 Å². The molecule has 1 nitrogen and oxygen atoms in total. The maximum atomic E-state index is 3.50. The Bertz CT molecular complexity index is 388. The van der Waals surface area contributed by atoms with Crippen LogP contribution < -0.4 is 5.32 Å². The van der Waals surface area contributed by atoms with Crippen molar-refractivity contribution in [3.05, 3.63) is 40.6 Å². The average molecular weight is 201 g/mol. The fourth-order valence-electron chi connectivity index (χ4n) is 2.11. The van der Waals surface area contributed by atoms with Gasteiger partial charge in [0.25, 0.3) is 0 Å². The highest BCUT2D eigenvalue weighted by molar-refractivity contribution is 5.59. The lowest BCUT2D eigenvalue weighted by Crippen LogP contribution is -2.23. The van der Waals surface area contributed by atoms with Crippen LogP contribution in [0.1, 0.15) is 37.0 Å². The Balaban J connectivity index is 2.25. The summed E-state index contributed by atoms with van der Waals surface area (Å²) in [5, 5.41) is 3.50. The van der Waals surface area contributed by atoms with Crippen molar-refractivity contribution in [1.82, 2.24) is 5.32 Å². The third-order valence-corrected chi connectivity index (χ3v) is 2.77. The third kappa shape index (κ3) is 2.41. The second-order valence-electron chi connectivity index (χ2n) is 4.67. The minimum atomic E-state index is 0.531. The summed E-state index contributed by atoms with van der Waals surface area (Å²) in [4.78, 5) is 0. The standard InChI is InChI=1S/C14H19N/c1-10(2)15-14-7-6-12-8-11(3)4-5-13(12)9-14/h4-5,8-10,15H,6-7H2,1-3H3. The lowest BCUT2D eigenvalue weighted by atomic mass is 9.94. The van der Waals surface area contributed by atoms with Gasteiger partial charge >= 0.3 is 0 Å². The highest BCUT2D eigenvalue weighted by Gasteiger charge is 2.10. The summed E-state index contributed by atoms with van der Waals surface area (Å²) in [6.45, 7) is 6.53. The normalized spacial score (nSPS) is 14.8. The van der Waals surface area contributed by atoms with Crippen LogP contribution in [0.5, 0.6) is 0 Å². The Labute approximate surface area is 92.2 Å². The Morgan fingerprint density at radius 1 is 1.20 bits per heavy atom. The Kier molecular flexibility index (Phi) is 2.81. The van der Waals surface area contributed by atoms with Crippen molar-refractivity contribution in [1.29, 1.82) is 0 Å². The molecule has 1 heteroatoms. The maximum Gasteiger partial charge on any atom is 0.0201 e. The van der Waals surface area contributed by atoms with E-state index in [4.69, 9.17) is 0 Å². The zero-order chi connectivity index (χ0) is 10.8. The molecule has 1 aliphatic rings. The Hall–Kier alpha value is -1.24. The van der Waals surface area contributed by atoms with Gasteiger partial charge < -0.3 is 5.32 Å². The van der Waals surface area contributed by atoms with Crippen LogP contribution in [0.4, 0.5) is 0 Å². The molecule has 80 valence electrons. The predicted molar refractivity (Wildman–Crippen MR) is 65.7 cm³/mol. The highest BCUT2D eigenvalue weighted by atomic mass is 14.9. The van der Waals surface area contributed by atoms with Crippen LogP contribution in [0.2, 0.25) is 0 Å². The minimum absolute atomic E-state index is 0.531. The van der Waals surface area contributed by atoms with Crippen molar-refractivity contribution in [2.24, 2.45) is 0 Å². The first-order valence-corrected chi connectivity index (χ1v) is 5.72. The zero-order valence-electron chi connectivity index (χ0n) is 9.80. The van der Waals surface area contributed by atoms with Gasteiger partial charge in [0, 0.05) is 11.7 Å². The van der Waals surface area contributed by atoms with E-state index in [9.17, 15) is 0 Å². The van der Waals surface area contributed by atoms with Crippen molar-refractivity contribution in [3.8, 4) is 0 Å².